The molecule has 2 aliphatic carbocycles. The Hall–Kier alpha value is -3.12. The van der Waals surface area contributed by atoms with E-state index in [0.717, 1.165) is 5.92 Å². The molecule has 2 saturated carbocycles. The zero-order valence-electron chi connectivity index (χ0n) is 23.8. The molecule has 7 unspecified atom stereocenters. The zero-order chi connectivity index (χ0) is 29.6. The van der Waals surface area contributed by atoms with E-state index in [1.54, 1.807) is 27.7 Å². The summed E-state index contributed by atoms with van der Waals surface area (Å²) in [6.45, 7) is 13.1. The van der Waals surface area contributed by atoms with Crippen LogP contribution in [0.2, 0.25) is 0 Å². The van der Waals surface area contributed by atoms with Gasteiger partial charge in [-0.25, -0.2) is 19.4 Å². The molecule has 3 aliphatic heterocycles. The minimum Gasteiger partial charge on any atom is -0.459 e. The molecule has 2 N–H and O–H groups in total. The molecule has 1 spiro atoms. The third-order valence-corrected chi connectivity index (χ3v) is 9.33. The van der Waals surface area contributed by atoms with Crippen LogP contribution in [0.3, 0.4) is 0 Å². The van der Waals surface area contributed by atoms with Gasteiger partial charge in [-0.2, -0.15) is 0 Å². The summed E-state index contributed by atoms with van der Waals surface area (Å²) in [7, 11) is 0. The second kappa shape index (κ2) is 8.94. The van der Waals surface area contributed by atoms with Crippen LogP contribution in [0.15, 0.2) is 0 Å². The van der Waals surface area contributed by atoms with Crippen LogP contribution in [0.4, 0.5) is 0 Å². The van der Waals surface area contributed by atoms with Crippen LogP contribution in [0, 0.1) is 37.5 Å². The number of ether oxygens (including phenoxy) is 4. The lowest BCUT2D eigenvalue weighted by Gasteiger charge is -2.54. The Morgan fingerprint density at radius 2 is 1.52 bits per heavy atom. The molecule has 0 bridgehead atoms. The van der Waals surface area contributed by atoms with Crippen molar-refractivity contribution in [1.82, 2.24) is 9.97 Å². The van der Waals surface area contributed by atoms with Gasteiger partial charge in [0.05, 0.1) is 34.3 Å². The number of aryl methyl sites for hydroxylation is 3. The maximum Gasteiger partial charge on any atom is 0.359 e. The van der Waals surface area contributed by atoms with Gasteiger partial charge in [-0.05, 0) is 39.5 Å². The second-order valence-corrected chi connectivity index (χ2v) is 12.5. The monoisotopic (exact) mass is 560 g/mol. The van der Waals surface area contributed by atoms with E-state index in [0.29, 0.717) is 17.1 Å². The molecule has 3 saturated heterocycles. The summed E-state index contributed by atoms with van der Waals surface area (Å²) >= 11 is 0. The molecule has 40 heavy (non-hydrogen) atoms. The largest absolute Gasteiger partial charge is 0.459 e. The number of aromatic nitrogens is 2. The molecule has 0 amide bonds. The summed E-state index contributed by atoms with van der Waals surface area (Å²) in [5.74, 6) is -2.78. The van der Waals surface area contributed by atoms with Gasteiger partial charge in [-0.3, -0.25) is 9.78 Å². The second-order valence-electron chi connectivity index (χ2n) is 12.5. The number of hydrogen-bond donors (Lipinski definition) is 2. The normalized spacial score (nSPS) is 40.7. The SMILES string of the molecule is CC(C)C.Cc1nc(C)c(C(=O)OC2C(=O)OC3CCC4OC(=O)C5(O)C4(CC4OC(=O)C[C@@]45O)C32C)nc1C. The summed E-state index contributed by atoms with van der Waals surface area (Å²) in [5, 5.41) is 23.6. The number of nitrogens with zero attached hydrogens (tertiary/aromatic N) is 2. The third kappa shape index (κ3) is 3.38. The molecule has 5 aliphatic rings. The minimum atomic E-state index is -2.59. The smallest absolute Gasteiger partial charge is 0.359 e. The van der Waals surface area contributed by atoms with Crippen LogP contribution in [-0.4, -0.2) is 79.7 Å². The molecule has 0 radical (unpaired) electrons. The van der Waals surface area contributed by atoms with Crippen molar-refractivity contribution in [1.29, 1.82) is 0 Å². The van der Waals surface area contributed by atoms with Gasteiger partial charge < -0.3 is 29.2 Å². The maximum absolute atomic E-state index is 13.3. The topological polar surface area (TPSA) is 171 Å². The average Bonchev–Trinajstić information content (AvgIpc) is 3.43. The molecular weight excluding hydrogens is 524 g/mol. The van der Waals surface area contributed by atoms with Crippen LogP contribution in [0.25, 0.3) is 0 Å². The van der Waals surface area contributed by atoms with Crippen LogP contribution >= 0.6 is 0 Å². The van der Waals surface area contributed by atoms with Gasteiger partial charge in [-0.15, -0.1) is 0 Å². The van der Waals surface area contributed by atoms with Gasteiger partial charge in [0.25, 0.3) is 0 Å². The van der Waals surface area contributed by atoms with Gasteiger partial charge >= 0.3 is 23.9 Å². The molecule has 0 aromatic carbocycles. The first kappa shape index (κ1) is 28.4. The van der Waals surface area contributed by atoms with Crippen molar-refractivity contribution >= 4 is 23.9 Å². The summed E-state index contributed by atoms with van der Waals surface area (Å²) in [6.07, 6.45) is -4.83. The number of carbonyl (C=O) groups is 4. The van der Waals surface area contributed by atoms with Crippen molar-refractivity contribution < 1.29 is 48.3 Å². The van der Waals surface area contributed by atoms with Crippen molar-refractivity contribution in [3.8, 4) is 0 Å². The van der Waals surface area contributed by atoms with E-state index in [1.807, 2.05) is 0 Å². The summed E-state index contributed by atoms with van der Waals surface area (Å²) in [4.78, 5) is 60.3. The van der Waals surface area contributed by atoms with E-state index in [-0.39, 0.29) is 25.0 Å². The Morgan fingerprint density at radius 3 is 2.17 bits per heavy atom. The quantitative estimate of drug-likeness (QED) is 0.394. The zero-order valence-corrected chi connectivity index (χ0v) is 23.8. The maximum atomic E-state index is 13.3. The first-order valence-corrected chi connectivity index (χ1v) is 13.6. The Balaban J connectivity index is 0.000000758. The number of fused-ring (bicyclic) bond motifs is 3. The highest BCUT2D eigenvalue weighted by molar-refractivity contribution is 5.93. The van der Waals surface area contributed by atoms with Crippen molar-refractivity contribution in [2.24, 2.45) is 16.7 Å². The highest BCUT2D eigenvalue weighted by Gasteiger charge is 2.92. The Bertz CT molecular complexity index is 1310. The van der Waals surface area contributed by atoms with Crippen molar-refractivity contribution in [2.45, 2.75) is 110 Å². The highest BCUT2D eigenvalue weighted by Crippen LogP contribution is 2.74. The lowest BCUT2D eigenvalue weighted by atomic mass is 9.47. The van der Waals surface area contributed by atoms with Crippen molar-refractivity contribution in [3.05, 3.63) is 22.8 Å². The summed E-state index contributed by atoms with van der Waals surface area (Å²) in [6, 6.07) is 0. The van der Waals surface area contributed by atoms with Crippen LogP contribution < -0.4 is 0 Å². The molecule has 12 nitrogen and oxygen atoms in total. The highest BCUT2D eigenvalue weighted by atomic mass is 16.6. The van der Waals surface area contributed by atoms with E-state index in [9.17, 15) is 29.4 Å². The fraction of sp³-hybridized carbons (Fsp3) is 0.714. The number of carbonyl (C=O) groups excluding carboxylic acids is 4. The van der Waals surface area contributed by atoms with Crippen LogP contribution in [0.5, 0.6) is 0 Å². The third-order valence-electron chi connectivity index (χ3n) is 9.33. The van der Waals surface area contributed by atoms with Gasteiger partial charge in [0.2, 0.25) is 11.7 Å². The number of hydrogen-bond acceptors (Lipinski definition) is 12. The molecule has 218 valence electrons. The number of aliphatic hydroxyl groups is 2. The van der Waals surface area contributed by atoms with E-state index in [2.05, 4.69) is 30.7 Å². The van der Waals surface area contributed by atoms with Gasteiger partial charge in [0, 0.05) is 6.42 Å². The van der Waals surface area contributed by atoms with Gasteiger partial charge in [0.1, 0.15) is 18.3 Å². The molecule has 6 rings (SSSR count). The van der Waals surface area contributed by atoms with E-state index in [4.69, 9.17) is 18.9 Å². The molecule has 1 aromatic rings. The van der Waals surface area contributed by atoms with Crippen LogP contribution in [-0.2, 0) is 33.3 Å². The van der Waals surface area contributed by atoms with Crippen LogP contribution in [0.1, 0.15) is 80.9 Å². The Labute approximate surface area is 231 Å². The van der Waals surface area contributed by atoms with Crippen molar-refractivity contribution in [2.75, 3.05) is 0 Å². The minimum absolute atomic E-state index is 0.0762. The van der Waals surface area contributed by atoms with Crippen molar-refractivity contribution in [3.63, 3.8) is 0 Å². The molecule has 8 atom stereocenters. The van der Waals surface area contributed by atoms with E-state index in [1.165, 1.54) is 0 Å². The first-order valence-electron chi connectivity index (χ1n) is 13.6. The van der Waals surface area contributed by atoms with E-state index < -0.39 is 76.7 Å². The lowest BCUT2D eigenvalue weighted by molar-refractivity contribution is -0.223. The summed E-state index contributed by atoms with van der Waals surface area (Å²) in [5.41, 5.74) is -6.62. The standard InChI is InChI=1S/C24H26N2O10.C4H10/c1-9-10(2)26-16(11(3)25-9)18(28)36-17-19(29)34-12-5-6-13-22(21(12,17)4)7-14-23(31,8-15(27)33-14)24(22,32)20(30)35-13;1-4(2)3/h12-14,17,31-32H,5-8H2,1-4H3;4H,1-3H3/t12?,13?,14?,17?,21?,22?,23-,24?;/m1./s1. The van der Waals surface area contributed by atoms with Gasteiger partial charge in [0.15, 0.2) is 11.3 Å². The van der Waals surface area contributed by atoms with E-state index >= 15 is 0 Å². The predicted molar refractivity (Wildman–Crippen MR) is 135 cm³/mol. The molecule has 12 heteroatoms. The van der Waals surface area contributed by atoms with Gasteiger partial charge in [-0.1, -0.05) is 27.7 Å². The molecule has 4 heterocycles. The number of rotatable bonds is 2. The fourth-order valence-corrected chi connectivity index (χ4v) is 7.49. The number of esters is 4. The molecular formula is C28H36N2O10. The summed E-state index contributed by atoms with van der Waals surface area (Å²) < 4.78 is 22.3. The Kier molecular flexibility index (Phi) is 6.35. The molecule has 1 aromatic heterocycles. The Morgan fingerprint density at radius 1 is 0.925 bits per heavy atom. The lowest BCUT2D eigenvalue weighted by Crippen LogP contribution is -2.71. The first-order chi connectivity index (χ1) is 18.5. The average molecular weight is 561 g/mol. The molecule has 5 fully saturated rings. The predicted octanol–water partition coefficient (Wildman–Crippen LogP) is 1.41. The fourth-order valence-electron chi connectivity index (χ4n) is 7.49.